The Hall–Kier alpha value is -0.803. The van der Waals surface area contributed by atoms with E-state index in [2.05, 4.69) is 52.8 Å². The lowest BCUT2D eigenvalue weighted by molar-refractivity contribution is 0.230. The minimum Gasteiger partial charge on any atom is -0.520 e. The third kappa shape index (κ3) is 10.1. The molecule has 0 unspecified atom stereocenters. The smallest absolute Gasteiger partial charge is 0.398 e. The van der Waals surface area contributed by atoms with Crippen molar-refractivity contribution in [1.29, 1.82) is 0 Å². The van der Waals surface area contributed by atoms with Gasteiger partial charge in [-0.1, -0.05) is 91.0 Å². The fraction of sp³-hybridized carbons (Fsp3) is 0.760. The van der Waals surface area contributed by atoms with E-state index in [4.69, 9.17) is 8.85 Å². The lowest BCUT2D eigenvalue weighted by atomic mass is 10.1. The summed E-state index contributed by atoms with van der Waals surface area (Å²) in [7, 11) is -2.12. The predicted octanol–water partition coefficient (Wildman–Crippen LogP) is 8.49. The molecule has 0 aromatic heterocycles. The fourth-order valence-electron chi connectivity index (χ4n) is 3.64. The van der Waals surface area contributed by atoms with Crippen molar-refractivity contribution in [3.63, 3.8) is 0 Å². The van der Waals surface area contributed by atoms with E-state index < -0.39 is 8.56 Å². The van der Waals surface area contributed by atoms with Gasteiger partial charge in [0.1, 0.15) is 5.75 Å². The minimum atomic E-state index is -2.12. The minimum absolute atomic E-state index is 0.857. The van der Waals surface area contributed by atoms with Crippen LogP contribution >= 0.6 is 0 Å². The van der Waals surface area contributed by atoms with E-state index in [0.29, 0.717) is 0 Å². The molecule has 0 fully saturated rings. The summed E-state index contributed by atoms with van der Waals surface area (Å²) < 4.78 is 12.9. The third-order valence-corrected chi connectivity index (χ3v) is 9.47. The Morgan fingerprint density at radius 3 is 1.71 bits per heavy atom. The van der Waals surface area contributed by atoms with Gasteiger partial charge in [0, 0.05) is 6.61 Å². The van der Waals surface area contributed by atoms with Crippen molar-refractivity contribution in [2.45, 2.75) is 117 Å². The molecule has 0 amide bonds. The van der Waals surface area contributed by atoms with Gasteiger partial charge in [-0.3, -0.25) is 0 Å². The molecule has 0 N–H and O–H groups in total. The number of benzene rings is 1. The Labute approximate surface area is 176 Å². The van der Waals surface area contributed by atoms with Crippen LogP contribution in [-0.4, -0.2) is 15.2 Å². The van der Waals surface area contributed by atoms with Crippen LogP contribution < -0.4 is 4.43 Å². The maximum absolute atomic E-state index is 6.45. The molecule has 0 spiro atoms. The van der Waals surface area contributed by atoms with Crippen LogP contribution in [-0.2, 0) is 4.43 Å². The number of aryl methyl sites for hydroxylation is 2. The lowest BCUT2D eigenvalue weighted by Gasteiger charge is -2.29. The van der Waals surface area contributed by atoms with E-state index in [-0.39, 0.29) is 0 Å². The zero-order valence-corrected chi connectivity index (χ0v) is 20.4. The molecule has 1 aromatic carbocycles. The van der Waals surface area contributed by atoms with Gasteiger partial charge in [-0.05, 0) is 55.6 Å². The van der Waals surface area contributed by atoms with Crippen LogP contribution in [0.1, 0.15) is 103 Å². The molecule has 2 nitrogen and oxygen atoms in total. The van der Waals surface area contributed by atoms with Crippen molar-refractivity contribution in [2.24, 2.45) is 0 Å². The molecule has 0 aliphatic rings. The summed E-state index contributed by atoms with van der Waals surface area (Å²) in [6, 6.07) is 8.43. The summed E-state index contributed by atoms with van der Waals surface area (Å²) in [6.07, 6.45) is 15.1. The Bertz CT molecular complexity index is 511. The van der Waals surface area contributed by atoms with Gasteiger partial charge in [-0.2, -0.15) is 0 Å². The van der Waals surface area contributed by atoms with Crippen LogP contribution in [0.15, 0.2) is 18.2 Å². The van der Waals surface area contributed by atoms with E-state index in [9.17, 15) is 0 Å². The van der Waals surface area contributed by atoms with Crippen LogP contribution in [0.2, 0.25) is 12.1 Å². The average Bonchev–Trinajstić information content (AvgIpc) is 2.70. The Morgan fingerprint density at radius 1 is 0.679 bits per heavy atom. The summed E-state index contributed by atoms with van der Waals surface area (Å²) in [5.41, 5.74) is 2.60. The normalized spacial score (nSPS) is 11.8. The van der Waals surface area contributed by atoms with Gasteiger partial charge >= 0.3 is 8.56 Å². The summed E-state index contributed by atoms with van der Waals surface area (Å²) in [5, 5.41) is 0. The zero-order valence-electron chi connectivity index (χ0n) is 19.4. The maximum Gasteiger partial charge on any atom is 0.398 e. The van der Waals surface area contributed by atoms with Crippen molar-refractivity contribution in [3.8, 4) is 5.75 Å². The second kappa shape index (κ2) is 15.1. The molecule has 0 radical (unpaired) electrons. The van der Waals surface area contributed by atoms with Crippen LogP contribution in [0, 0.1) is 13.8 Å². The molecule has 162 valence electrons. The molecular weight excluding hydrogens is 360 g/mol. The van der Waals surface area contributed by atoms with Crippen LogP contribution in [0.25, 0.3) is 0 Å². The van der Waals surface area contributed by atoms with E-state index in [1.807, 2.05) is 0 Å². The maximum atomic E-state index is 6.45. The van der Waals surface area contributed by atoms with E-state index >= 15 is 0 Å². The molecule has 3 heteroatoms. The highest BCUT2D eigenvalue weighted by atomic mass is 28.4. The molecule has 0 aliphatic carbocycles. The van der Waals surface area contributed by atoms with Crippen LogP contribution in [0.4, 0.5) is 0 Å². The molecule has 0 aliphatic heterocycles. The number of rotatable bonds is 17. The molecule has 0 bridgehead atoms. The third-order valence-electron chi connectivity index (χ3n) is 5.97. The van der Waals surface area contributed by atoms with Gasteiger partial charge in [0.25, 0.3) is 0 Å². The highest BCUT2D eigenvalue weighted by Gasteiger charge is 2.35. The van der Waals surface area contributed by atoms with E-state index in [0.717, 1.165) is 24.4 Å². The first kappa shape index (κ1) is 25.2. The zero-order chi connectivity index (χ0) is 20.7. The van der Waals surface area contributed by atoms with Crippen LogP contribution in [0.3, 0.4) is 0 Å². The SMILES string of the molecule is CCCCCCCCCCCCCO[Si](CC)(CC)Oc1ccc(C)c(C)c1. The van der Waals surface area contributed by atoms with Crippen molar-refractivity contribution in [1.82, 2.24) is 0 Å². The molecule has 0 heterocycles. The largest absolute Gasteiger partial charge is 0.520 e. The second-order valence-electron chi connectivity index (χ2n) is 8.35. The van der Waals surface area contributed by atoms with Gasteiger partial charge in [-0.15, -0.1) is 0 Å². The molecule has 1 rings (SSSR count). The number of unbranched alkanes of at least 4 members (excludes halogenated alkanes) is 10. The molecule has 0 saturated carbocycles. The summed E-state index contributed by atoms with van der Waals surface area (Å²) >= 11 is 0. The highest BCUT2D eigenvalue weighted by Crippen LogP contribution is 2.25. The Balaban J connectivity index is 2.20. The average molecular weight is 407 g/mol. The van der Waals surface area contributed by atoms with Gasteiger partial charge in [0.05, 0.1) is 0 Å². The molecular formula is C25H46O2Si. The fourth-order valence-corrected chi connectivity index (χ4v) is 5.97. The highest BCUT2D eigenvalue weighted by molar-refractivity contribution is 6.68. The molecule has 0 saturated heterocycles. The van der Waals surface area contributed by atoms with Gasteiger partial charge in [0.2, 0.25) is 0 Å². The van der Waals surface area contributed by atoms with E-state index in [1.54, 1.807) is 0 Å². The Morgan fingerprint density at radius 2 is 1.21 bits per heavy atom. The summed E-state index contributed by atoms with van der Waals surface area (Å²) in [5.74, 6) is 0.984. The number of hydrogen-bond donors (Lipinski definition) is 0. The molecule has 28 heavy (non-hydrogen) atoms. The van der Waals surface area contributed by atoms with Crippen molar-refractivity contribution in [3.05, 3.63) is 29.3 Å². The quantitative estimate of drug-likeness (QED) is 0.191. The monoisotopic (exact) mass is 406 g/mol. The standard InChI is InChI=1S/C25H46O2Si/c1-6-9-10-11-12-13-14-15-16-17-18-21-26-28(7-2,8-3)27-25-20-19-23(4)24(5)22-25/h19-20,22H,6-18,21H2,1-5H3. The second-order valence-corrected chi connectivity index (χ2v) is 12.1. The summed E-state index contributed by atoms with van der Waals surface area (Å²) in [6.45, 7) is 11.9. The van der Waals surface area contributed by atoms with Gasteiger partial charge in [0.15, 0.2) is 0 Å². The first-order valence-corrected chi connectivity index (χ1v) is 14.2. The lowest BCUT2D eigenvalue weighted by Crippen LogP contribution is -2.44. The first-order valence-electron chi connectivity index (χ1n) is 12.0. The van der Waals surface area contributed by atoms with Crippen molar-refractivity contribution in [2.75, 3.05) is 6.61 Å². The number of hydrogen-bond acceptors (Lipinski definition) is 2. The van der Waals surface area contributed by atoms with Crippen LogP contribution in [0.5, 0.6) is 5.75 Å². The van der Waals surface area contributed by atoms with Crippen molar-refractivity contribution >= 4 is 8.56 Å². The van der Waals surface area contributed by atoms with E-state index in [1.165, 1.54) is 81.8 Å². The predicted molar refractivity (Wildman–Crippen MR) is 126 cm³/mol. The van der Waals surface area contributed by atoms with Crippen molar-refractivity contribution < 1.29 is 8.85 Å². The summed E-state index contributed by atoms with van der Waals surface area (Å²) in [4.78, 5) is 0. The first-order chi connectivity index (χ1) is 13.6. The van der Waals surface area contributed by atoms with Gasteiger partial charge < -0.3 is 8.85 Å². The van der Waals surface area contributed by atoms with Gasteiger partial charge in [-0.25, -0.2) is 0 Å². The Kier molecular flexibility index (Phi) is 13.6. The molecule has 1 aromatic rings. The molecule has 0 atom stereocenters. The topological polar surface area (TPSA) is 18.5 Å².